The highest BCUT2D eigenvalue weighted by atomic mass is 16.1. The molecule has 0 bridgehead atoms. The molecule has 6 heteroatoms. The highest BCUT2D eigenvalue weighted by Crippen LogP contribution is 2.16. The second-order valence-corrected chi connectivity index (χ2v) is 4.71. The van der Waals surface area contributed by atoms with Crippen molar-refractivity contribution >= 4 is 23.1 Å². The normalized spacial score (nSPS) is 10.0. The lowest BCUT2D eigenvalue weighted by Crippen LogP contribution is -2.15. The van der Waals surface area contributed by atoms with Gasteiger partial charge < -0.3 is 15.5 Å². The van der Waals surface area contributed by atoms with E-state index in [1.54, 1.807) is 6.20 Å². The third-order valence-electron chi connectivity index (χ3n) is 2.88. The fourth-order valence-corrected chi connectivity index (χ4v) is 1.76. The Bertz CT molecular complexity index is 592. The van der Waals surface area contributed by atoms with Crippen molar-refractivity contribution in [2.75, 3.05) is 36.2 Å². The van der Waals surface area contributed by atoms with E-state index in [1.165, 1.54) is 6.20 Å². The quantitative estimate of drug-likeness (QED) is 0.881. The van der Waals surface area contributed by atoms with Crippen LogP contribution in [0.15, 0.2) is 36.7 Å². The Balaban J connectivity index is 2.03. The van der Waals surface area contributed by atoms with Crippen LogP contribution in [0, 0.1) is 0 Å². The van der Waals surface area contributed by atoms with Crippen LogP contribution in [0.4, 0.5) is 17.2 Å². The van der Waals surface area contributed by atoms with E-state index in [2.05, 4.69) is 20.6 Å². The van der Waals surface area contributed by atoms with Gasteiger partial charge in [0, 0.05) is 32.0 Å². The van der Waals surface area contributed by atoms with Gasteiger partial charge in [0.15, 0.2) is 0 Å². The number of hydrogen-bond acceptors (Lipinski definition) is 5. The van der Waals surface area contributed by atoms with Crippen LogP contribution in [0.1, 0.15) is 17.4 Å². The van der Waals surface area contributed by atoms with Crippen molar-refractivity contribution in [1.29, 1.82) is 0 Å². The fraction of sp³-hybridized carbons (Fsp3) is 0.267. The number of carbonyl (C=O) groups is 1. The number of aromatic nitrogens is 2. The first kappa shape index (κ1) is 14.8. The highest BCUT2D eigenvalue weighted by molar-refractivity contribution is 6.02. The zero-order valence-corrected chi connectivity index (χ0v) is 12.4. The summed E-state index contributed by atoms with van der Waals surface area (Å²) in [7, 11) is 3.93. The van der Waals surface area contributed by atoms with Gasteiger partial charge in [-0.3, -0.25) is 4.79 Å². The van der Waals surface area contributed by atoms with Gasteiger partial charge in [-0.15, -0.1) is 0 Å². The molecule has 1 aromatic carbocycles. The van der Waals surface area contributed by atoms with Crippen molar-refractivity contribution in [3.05, 3.63) is 42.4 Å². The molecule has 0 atom stereocenters. The van der Waals surface area contributed by atoms with E-state index >= 15 is 0 Å². The third-order valence-corrected chi connectivity index (χ3v) is 2.88. The summed E-state index contributed by atoms with van der Waals surface area (Å²) in [5.74, 6) is 0.382. The molecule has 0 aliphatic rings. The monoisotopic (exact) mass is 285 g/mol. The zero-order chi connectivity index (χ0) is 15.2. The number of carbonyl (C=O) groups excluding carboxylic acids is 1. The van der Waals surface area contributed by atoms with E-state index in [0.717, 1.165) is 17.9 Å². The first-order valence-electron chi connectivity index (χ1n) is 6.75. The molecule has 0 radical (unpaired) electrons. The summed E-state index contributed by atoms with van der Waals surface area (Å²) in [6.45, 7) is 2.73. The van der Waals surface area contributed by atoms with Crippen LogP contribution < -0.4 is 15.5 Å². The summed E-state index contributed by atoms with van der Waals surface area (Å²) in [4.78, 5) is 22.3. The lowest BCUT2D eigenvalue weighted by Gasteiger charge is -2.13. The van der Waals surface area contributed by atoms with Gasteiger partial charge in [-0.05, 0) is 31.2 Å². The maximum atomic E-state index is 12.1. The van der Waals surface area contributed by atoms with Gasteiger partial charge in [0.1, 0.15) is 11.5 Å². The molecule has 0 aliphatic carbocycles. The lowest BCUT2D eigenvalue weighted by molar-refractivity contribution is 0.102. The molecule has 0 unspecified atom stereocenters. The predicted molar refractivity (Wildman–Crippen MR) is 84.9 cm³/mol. The maximum absolute atomic E-state index is 12.1. The van der Waals surface area contributed by atoms with Crippen molar-refractivity contribution in [2.45, 2.75) is 6.92 Å². The van der Waals surface area contributed by atoms with Crippen molar-refractivity contribution in [3.8, 4) is 0 Å². The van der Waals surface area contributed by atoms with Crippen molar-refractivity contribution in [2.24, 2.45) is 0 Å². The maximum Gasteiger partial charge on any atom is 0.275 e. The van der Waals surface area contributed by atoms with Gasteiger partial charge in [0.2, 0.25) is 0 Å². The molecule has 1 aromatic heterocycles. The van der Waals surface area contributed by atoms with Crippen molar-refractivity contribution in [1.82, 2.24) is 9.97 Å². The van der Waals surface area contributed by atoms with Crippen LogP contribution in [0.5, 0.6) is 0 Å². The Morgan fingerprint density at radius 3 is 2.38 bits per heavy atom. The predicted octanol–water partition coefficient (Wildman–Crippen LogP) is 2.23. The van der Waals surface area contributed by atoms with E-state index in [9.17, 15) is 4.79 Å². The van der Waals surface area contributed by atoms with Crippen LogP contribution in [-0.4, -0.2) is 36.5 Å². The SMILES string of the molecule is CCNc1cnc(C(=O)Nc2ccc(N(C)C)cc2)cn1. The van der Waals surface area contributed by atoms with Crippen LogP contribution in [0.2, 0.25) is 0 Å². The second kappa shape index (κ2) is 6.69. The topological polar surface area (TPSA) is 70.2 Å². The summed E-state index contributed by atoms with van der Waals surface area (Å²) in [6.07, 6.45) is 3.01. The molecule has 2 aromatic rings. The molecule has 110 valence electrons. The summed E-state index contributed by atoms with van der Waals surface area (Å²) < 4.78 is 0. The molecule has 2 rings (SSSR count). The largest absolute Gasteiger partial charge is 0.378 e. The minimum atomic E-state index is -0.275. The van der Waals surface area contributed by atoms with Crippen LogP contribution in [0.25, 0.3) is 0 Å². The molecule has 0 saturated carbocycles. The van der Waals surface area contributed by atoms with E-state index < -0.39 is 0 Å². The average Bonchev–Trinajstić information content (AvgIpc) is 2.49. The Morgan fingerprint density at radius 2 is 1.86 bits per heavy atom. The van der Waals surface area contributed by atoms with Crippen LogP contribution in [-0.2, 0) is 0 Å². The molecule has 2 N–H and O–H groups in total. The standard InChI is InChI=1S/C15H19N5O/c1-4-16-14-10-17-13(9-18-14)15(21)19-11-5-7-12(8-6-11)20(2)3/h5-10H,4H2,1-3H3,(H,16,18)(H,19,21). The Kier molecular flexibility index (Phi) is 4.71. The van der Waals surface area contributed by atoms with Gasteiger partial charge >= 0.3 is 0 Å². The minimum absolute atomic E-state index is 0.275. The third kappa shape index (κ3) is 3.92. The molecule has 0 fully saturated rings. The molecule has 1 amide bonds. The number of nitrogens with one attached hydrogen (secondary N) is 2. The Labute approximate surface area is 124 Å². The van der Waals surface area contributed by atoms with E-state index in [0.29, 0.717) is 5.82 Å². The smallest absolute Gasteiger partial charge is 0.275 e. The Morgan fingerprint density at radius 1 is 1.14 bits per heavy atom. The highest BCUT2D eigenvalue weighted by Gasteiger charge is 2.08. The number of amides is 1. The fourth-order valence-electron chi connectivity index (χ4n) is 1.76. The van der Waals surface area contributed by atoms with Crippen molar-refractivity contribution in [3.63, 3.8) is 0 Å². The number of rotatable bonds is 5. The molecule has 21 heavy (non-hydrogen) atoms. The number of anilines is 3. The molecule has 6 nitrogen and oxygen atoms in total. The summed E-state index contributed by atoms with van der Waals surface area (Å²) in [5, 5.41) is 5.83. The second-order valence-electron chi connectivity index (χ2n) is 4.71. The van der Waals surface area contributed by atoms with Gasteiger partial charge in [-0.25, -0.2) is 9.97 Å². The van der Waals surface area contributed by atoms with Crippen LogP contribution in [0.3, 0.4) is 0 Å². The molecule has 0 saturated heterocycles. The molecule has 0 aliphatic heterocycles. The van der Waals surface area contributed by atoms with E-state index in [4.69, 9.17) is 0 Å². The molecular formula is C15H19N5O. The molecule has 0 spiro atoms. The summed E-state index contributed by atoms with van der Waals surface area (Å²) >= 11 is 0. The van der Waals surface area contributed by atoms with Crippen molar-refractivity contribution < 1.29 is 4.79 Å². The molecular weight excluding hydrogens is 266 g/mol. The summed E-state index contributed by atoms with van der Waals surface area (Å²) in [5.41, 5.74) is 2.08. The zero-order valence-electron chi connectivity index (χ0n) is 12.4. The average molecular weight is 285 g/mol. The first-order valence-corrected chi connectivity index (χ1v) is 6.75. The number of hydrogen-bond donors (Lipinski definition) is 2. The van der Waals surface area contributed by atoms with Gasteiger partial charge in [-0.1, -0.05) is 0 Å². The lowest BCUT2D eigenvalue weighted by atomic mass is 10.2. The minimum Gasteiger partial charge on any atom is -0.378 e. The summed E-state index contributed by atoms with van der Waals surface area (Å²) in [6, 6.07) is 7.59. The van der Waals surface area contributed by atoms with E-state index in [-0.39, 0.29) is 11.6 Å². The molecule has 1 heterocycles. The first-order chi connectivity index (χ1) is 10.1. The van der Waals surface area contributed by atoms with Gasteiger partial charge in [-0.2, -0.15) is 0 Å². The van der Waals surface area contributed by atoms with Crippen LogP contribution >= 0.6 is 0 Å². The number of nitrogens with zero attached hydrogens (tertiary/aromatic N) is 3. The van der Waals surface area contributed by atoms with Gasteiger partial charge in [0.05, 0.1) is 12.4 Å². The Hall–Kier alpha value is -2.63. The van der Waals surface area contributed by atoms with Gasteiger partial charge in [0.25, 0.3) is 5.91 Å². The number of benzene rings is 1. The van der Waals surface area contributed by atoms with E-state index in [1.807, 2.05) is 50.2 Å².